The summed E-state index contributed by atoms with van der Waals surface area (Å²) >= 11 is 0. The van der Waals surface area contributed by atoms with Gasteiger partial charge in [-0.3, -0.25) is 0 Å². The van der Waals surface area contributed by atoms with Crippen LogP contribution in [0.2, 0.25) is 0 Å². The smallest absolute Gasteiger partial charge is 0.389 e. The van der Waals surface area contributed by atoms with Crippen LogP contribution < -0.4 is 10.5 Å². The summed E-state index contributed by atoms with van der Waals surface area (Å²) in [5.41, 5.74) is 5.32. The summed E-state index contributed by atoms with van der Waals surface area (Å²) in [7, 11) is 0. The van der Waals surface area contributed by atoms with Crippen LogP contribution in [0.5, 0.6) is 6.01 Å². The fourth-order valence-electron chi connectivity index (χ4n) is 0.860. The molecule has 1 heterocycles. The van der Waals surface area contributed by atoms with Gasteiger partial charge in [-0.05, 0) is 12.5 Å². The lowest BCUT2D eigenvalue weighted by molar-refractivity contribution is -0.136. The van der Waals surface area contributed by atoms with Crippen molar-refractivity contribution < 1.29 is 17.9 Å². The summed E-state index contributed by atoms with van der Waals surface area (Å²) in [6.07, 6.45) is -3.78. The molecule has 84 valence electrons. The lowest BCUT2D eigenvalue weighted by Gasteiger charge is -2.06. The van der Waals surface area contributed by atoms with Crippen molar-refractivity contribution in [2.24, 2.45) is 0 Å². The number of aromatic nitrogens is 2. The lowest BCUT2D eigenvalue weighted by Crippen LogP contribution is -2.10. The van der Waals surface area contributed by atoms with Crippen LogP contribution in [-0.2, 0) is 0 Å². The molecule has 0 unspecified atom stereocenters. The zero-order valence-corrected chi connectivity index (χ0v) is 7.79. The Balaban J connectivity index is 2.26. The molecule has 0 bridgehead atoms. The minimum atomic E-state index is -4.15. The zero-order chi connectivity index (χ0) is 11.3. The summed E-state index contributed by atoms with van der Waals surface area (Å²) in [6.45, 7) is -0.0804. The average molecular weight is 221 g/mol. The second-order valence-electron chi connectivity index (χ2n) is 2.83. The Morgan fingerprint density at radius 3 is 2.73 bits per heavy atom. The van der Waals surface area contributed by atoms with Crippen LogP contribution in [0.1, 0.15) is 12.8 Å². The third kappa shape index (κ3) is 5.04. The minimum Gasteiger partial charge on any atom is -0.463 e. The number of nitrogens with zero attached hydrogens (tertiary/aromatic N) is 2. The van der Waals surface area contributed by atoms with Gasteiger partial charge in [0.05, 0.1) is 6.61 Å². The predicted octanol–water partition coefficient (Wildman–Crippen LogP) is 1.78. The second kappa shape index (κ2) is 4.81. The van der Waals surface area contributed by atoms with E-state index in [0.29, 0.717) is 0 Å². The van der Waals surface area contributed by atoms with E-state index >= 15 is 0 Å². The number of alkyl halides is 3. The molecule has 0 amide bonds. The quantitative estimate of drug-likeness (QED) is 0.787. The molecule has 15 heavy (non-hydrogen) atoms. The molecule has 1 rings (SSSR count). The molecule has 0 radical (unpaired) electrons. The largest absolute Gasteiger partial charge is 0.463 e. The average Bonchev–Trinajstić information content (AvgIpc) is 2.11. The van der Waals surface area contributed by atoms with Crippen LogP contribution in [0.3, 0.4) is 0 Å². The van der Waals surface area contributed by atoms with Gasteiger partial charge in [0.1, 0.15) is 5.82 Å². The van der Waals surface area contributed by atoms with Crippen molar-refractivity contribution in [2.75, 3.05) is 12.3 Å². The third-order valence-electron chi connectivity index (χ3n) is 1.49. The molecule has 0 aliphatic heterocycles. The summed E-state index contributed by atoms with van der Waals surface area (Å²) in [5, 5.41) is 0. The van der Waals surface area contributed by atoms with E-state index in [1.54, 1.807) is 0 Å². The molecule has 0 saturated carbocycles. The van der Waals surface area contributed by atoms with Crippen LogP contribution in [-0.4, -0.2) is 22.8 Å². The van der Waals surface area contributed by atoms with E-state index in [0.717, 1.165) is 0 Å². The zero-order valence-electron chi connectivity index (χ0n) is 7.79. The van der Waals surface area contributed by atoms with E-state index in [4.69, 9.17) is 10.5 Å². The molecule has 7 heteroatoms. The molecular weight excluding hydrogens is 211 g/mol. The van der Waals surface area contributed by atoms with Gasteiger partial charge >= 0.3 is 12.2 Å². The molecule has 0 spiro atoms. The van der Waals surface area contributed by atoms with Gasteiger partial charge in [0.25, 0.3) is 0 Å². The van der Waals surface area contributed by atoms with Crippen molar-refractivity contribution in [3.05, 3.63) is 12.3 Å². The lowest BCUT2D eigenvalue weighted by atomic mass is 10.3. The Bertz CT molecular complexity index is 316. The van der Waals surface area contributed by atoms with Crippen molar-refractivity contribution in [2.45, 2.75) is 19.0 Å². The van der Waals surface area contributed by atoms with Crippen LogP contribution in [0.25, 0.3) is 0 Å². The molecule has 4 nitrogen and oxygen atoms in total. The molecule has 0 saturated heterocycles. The Labute approximate surface area is 84.3 Å². The van der Waals surface area contributed by atoms with Gasteiger partial charge in [0, 0.05) is 12.6 Å². The Kier molecular flexibility index (Phi) is 3.70. The maximum atomic E-state index is 11.7. The summed E-state index contributed by atoms with van der Waals surface area (Å²) in [6, 6.07) is 1.46. The minimum absolute atomic E-state index is 0.00262. The first-order chi connectivity index (χ1) is 6.97. The normalized spacial score (nSPS) is 11.4. The SMILES string of the molecule is Nc1ccnc(OCCCC(F)(F)F)n1. The maximum Gasteiger partial charge on any atom is 0.389 e. The summed E-state index contributed by atoms with van der Waals surface area (Å²) in [4.78, 5) is 7.35. The molecule has 0 aromatic carbocycles. The van der Waals surface area contributed by atoms with Crippen LogP contribution in [0.4, 0.5) is 19.0 Å². The highest BCUT2D eigenvalue weighted by Crippen LogP contribution is 2.21. The number of hydrogen-bond donors (Lipinski definition) is 1. The van der Waals surface area contributed by atoms with Gasteiger partial charge in [-0.1, -0.05) is 0 Å². The van der Waals surface area contributed by atoms with Gasteiger partial charge in [0.2, 0.25) is 0 Å². The van der Waals surface area contributed by atoms with Gasteiger partial charge < -0.3 is 10.5 Å². The van der Waals surface area contributed by atoms with Crippen LogP contribution >= 0.6 is 0 Å². The molecule has 0 fully saturated rings. The highest BCUT2D eigenvalue weighted by molar-refractivity contribution is 5.26. The third-order valence-corrected chi connectivity index (χ3v) is 1.49. The number of anilines is 1. The first-order valence-electron chi connectivity index (χ1n) is 4.25. The fraction of sp³-hybridized carbons (Fsp3) is 0.500. The van der Waals surface area contributed by atoms with E-state index in [2.05, 4.69) is 9.97 Å². The summed E-state index contributed by atoms with van der Waals surface area (Å²) in [5.74, 6) is 0.218. The number of nitrogens with two attached hydrogens (primary N) is 1. The van der Waals surface area contributed by atoms with Gasteiger partial charge in [-0.15, -0.1) is 0 Å². The molecular formula is C8H10F3N3O. The Morgan fingerprint density at radius 2 is 2.13 bits per heavy atom. The van der Waals surface area contributed by atoms with Gasteiger partial charge in [0.15, 0.2) is 0 Å². The van der Waals surface area contributed by atoms with Crippen molar-refractivity contribution in [1.29, 1.82) is 0 Å². The molecule has 0 aliphatic rings. The van der Waals surface area contributed by atoms with Crippen molar-refractivity contribution in [1.82, 2.24) is 9.97 Å². The van der Waals surface area contributed by atoms with E-state index in [1.807, 2.05) is 0 Å². The highest BCUT2D eigenvalue weighted by atomic mass is 19.4. The molecule has 0 atom stereocenters. The van der Waals surface area contributed by atoms with Crippen LogP contribution in [0.15, 0.2) is 12.3 Å². The number of rotatable bonds is 4. The Hall–Kier alpha value is -1.53. The van der Waals surface area contributed by atoms with Gasteiger partial charge in [-0.25, -0.2) is 4.98 Å². The van der Waals surface area contributed by atoms with E-state index in [1.165, 1.54) is 12.3 Å². The predicted molar refractivity (Wildman–Crippen MR) is 47.2 cm³/mol. The molecule has 0 aliphatic carbocycles. The van der Waals surface area contributed by atoms with Crippen molar-refractivity contribution in [3.8, 4) is 6.01 Å². The van der Waals surface area contributed by atoms with E-state index < -0.39 is 12.6 Å². The number of ether oxygens (including phenoxy) is 1. The molecule has 1 aromatic rings. The first-order valence-corrected chi connectivity index (χ1v) is 4.25. The maximum absolute atomic E-state index is 11.7. The fourth-order valence-corrected chi connectivity index (χ4v) is 0.860. The van der Waals surface area contributed by atoms with Crippen molar-refractivity contribution >= 4 is 5.82 Å². The number of hydrogen-bond acceptors (Lipinski definition) is 4. The Morgan fingerprint density at radius 1 is 1.40 bits per heavy atom. The van der Waals surface area contributed by atoms with Crippen LogP contribution in [0, 0.1) is 0 Å². The monoisotopic (exact) mass is 221 g/mol. The topological polar surface area (TPSA) is 61.0 Å². The van der Waals surface area contributed by atoms with E-state index in [-0.39, 0.29) is 24.9 Å². The van der Waals surface area contributed by atoms with Gasteiger partial charge in [-0.2, -0.15) is 18.2 Å². The summed E-state index contributed by atoms with van der Waals surface area (Å²) < 4.78 is 40.1. The van der Waals surface area contributed by atoms with E-state index in [9.17, 15) is 13.2 Å². The molecule has 1 aromatic heterocycles. The number of nitrogen functional groups attached to an aromatic ring is 1. The standard InChI is InChI=1S/C8H10F3N3O/c9-8(10,11)3-1-5-15-7-13-4-2-6(12)14-7/h2,4H,1,3,5H2,(H2,12,13,14). The first kappa shape index (κ1) is 11.5. The second-order valence-corrected chi connectivity index (χ2v) is 2.83. The number of halogens is 3. The van der Waals surface area contributed by atoms with Crippen molar-refractivity contribution in [3.63, 3.8) is 0 Å². The highest BCUT2D eigenvalue weighted by Gasteiger charge is 2.26. The molecule has 2 N–H and O–H groups in total.